The first-order valence-corrected chi connectivity index (χ1v) is 6.23. The van der Waals surface area contributed by atoms with Crippen molar-refractivity contribution in [1.29, 1.82) is 0 Å². The average Bonchev–Trinajstić information content (AvgIpc) is 2.37. The molecule has 1 aliphatic rings. The van der Waals surface area contributed by atoms with E-state index < -0.39 is 17.3 Å². The van der Waals surface area contributed by atoms with E-state index in [4.69, 9.17) is 14.2 Å². The summed E-state index contributed by atoms with van der Waals surface area (Å²) in [5, 5.41) is 0. The zero-order valence-corrected chi connectivity index (χ0v) is 11.6. The SMILES string of the molecule is COCC1(COC)CC(=O)c2ccc(C(F)(F)F)cc2O1. The number of carbonyl (C=O) groups excluding carboxylic acids is 1. The van der Waals surface area contributed by atoms with Crippen molar-refractivity contribution in [3.8, 4) is 5.75 Å². The van der Waals surface area contributed by atoms with Gasteiger partial charge < -0.3 is 14.2 Å². The number of alkyl halides is 3. The first-order chi connectivity index (χ1) is 9.81. The number of ketones is 1. The molecule has 1 aromatic rings. The molecule has 0 atom stereocenters. The summed E-state index contributed by atoms with van der Waals surface area (Å²) in [6, 6.07) is 2.86. The molecule has 0 unspecified atom stereocenters. The highest BCUT2D eigenvalue weighted by Crippen LogP contribution is 2.38. The lowest BCUT2D eigenvalue weighted by Gasteiger charge is -2.37. The fourth-order valence-electron chi connectivity index (χ4n) is 2.40. The molecule has 1 aliphatic heterocycles. The Balaban J connectivity index is 2.42. The van der Waals surface area contributed by atoms with E-state index in [0.717, 1.165) is 18.2 Å². The molecule has 0 saturated carbocycles. The Labute approximate surface area is 119 Å². The minimum atomic E-state index is -4.50. The van der Waals surface area contributed by atoms with E-state index in [0.29, 0.717) is 0 Å². The van der Waals surface area contributed by atoms with Crippen LogP contribution < -0.4 is 4.74 Å². The van der Waals surface area contributed by atoms with Gasteiger partial charge in [0.2, 0.25) is 0 Å². The highest BCUT2D eigenvalue weighted by molar-refractivity contribution is 6.00. The number of rotatable bonds is 4. The fourth-order valence-corrected chi connectivity index (χ4v) is 2.40. The smallest absolute Gasteiger partial charge is 0.416 e. The Kier molecular flexibility index (Phi) is 4.25. The predicted molar refractivity (Wildman–Crippen MR) is 67.5 cm³/mol. The Morgan fingerprint density at radius 3 is 2.38 bits per heavy atom. The van der Waals surface area contributed by atoms with Crippen LogP contribution in [0.3, 0.4) is 0 Å². The van der Waals surface area contributed by atoms with Crippen LogP contribution in [0.1, 0.15) is 22.3 Å². The van der Waals surface area contributed by atoms with Gasteiger partial charge in [-0.15, -0.1) is 0 Å². The minimum Gasteiger partial charge on any atom is -0.481 e. The topological polar surface area (TPSA) is 44.8 Å². The van der Waals surface area contributed by atoms with E-state index in [1.165, 1.54) is 14.2 Å². The van der Waals surface area contributed by atoms with E-state index in [9.17, 15) is 18.0 Å². The molecule has 116 valence electrons. The van der Waals surface area contributed by atoms with E-state index in [2.05, 4.69) is 0 Å². The van der Waals surface area contributed by atoms with Crippen molar-refractivity contribution in [2.75, 3.05) is 27.4 Å². The number of fused-ring (bicyclic) bond motifs is 1. The number of halogens is 3. The maximum atomic E-state index is 12.8. The molecule has 0 saturated heterocycles. The van der Waals surface area contributed by atoms with Crippen LogP contribution in [0.25, 0.3) is 0 Å². The van der Waals surface area contributed by atoms with Crippen molar-refractivity contribution in [2.45, 2.75) is 18.2 Å². The molecule has 0 bridgehead atoms. The number of benzene rings is 1. The molecular formula is C14H15F3O4. The van der Waals surface area contributed by atoms with Gasteiger partial charge in [-0.05, 0) is 18.2 Å². The predicted octanol–water partition coefficient (Wildman–Crippen LogP) is 2.70. The Morgan fingerprint density at radius 2 is 1.86 bits per heavy atom. The molecule has 1 aromatic carbocycles. The molecule has 0 amide bonds. The van der Waals surface area contributed by atoms with Gasteiger partial charge in [0, 0.05) is 14.2 Å². The van der Waals surface area contributed by atoms with E-state index in [-0.39, 0.29) is 36.7 Å². The third kappa shape index (κ3) is 3.19. The summed E-state index contributed by atoms with van der Waals surface area (Å²) in [7, 11) is 2.85. The van der Waals surface area contributed by atoms with E-state index in [1.807, 2.05) is 0 Å². The van der Waals surface area contributed by atoms with Crippen LogP contribution in [0.4, 0.5) is 13.2 Å². The maximum absolute atomic E-state index is 12.8. The zero-order chi connectivity index (χ0) is 15.7. The Morgan fingerprint density at radius 1 is 1.24 bits per heavy atom. The van der Waals surface area contributed by atoms with Gasteiger partial charge in [0.25, 0.3) is 0 Å². The van der Waals surface area contributed by atoms with Crippen molar-refractivity contribution in [2.24, 2.45) is 0 Å². The second kappa shape index (κ2) is 5.65. The fraction of sp³-hybridized carbons (Fsp3) is 0.500. The van der Waals surface area contributed by atoms with Gasteiger partial charge in [-0.25, -0.2) is 0 Å². The maximum Gasteiger partial charge on any atom is 0.416 e. The summed E-state index contributed by atoms with van der Waals surface area (Å²) < 4.78 is 53.9. The summed E-state index contributed by atoms with van der Waals surface area (Å²) in [5.41, 5.74) is -1.82. The molecule has 7 heteroatoms. The Bertz CT molecular complexity index is 534. The molecule has 4 nitrogen and oxygen atoms in total. The number of ether oxygens (including phenoxy) is 3. The first-order valence-electron chi connectivity index (χ1n) is 6.23. The van der Waals surface area contributed by atoms with Gasteiger partial charge in [-0.3, -0.25) is 4.79 Å². The third-order valence-corrected chi connectivity index (χ3v) is 3.23. The van der Waals surface area contributed by atoms with Gasteiger partial charge >= 0.3 is 6.18 Å². The van der Waals surface area contributed by atoms with Crippen molar-refractivity contribution in [3.05, 3.63) is 29.3 Å². The highest BCUT2D eigenvalue weighted by Gasteiger charge is 2.42. The second-order valence-corrected chi connectivity index (χ2v) is 4.96. The van der Waals surface area contributed by atoms with Crippen LogP contribution in [0.5, 0.6) is 5.75 Å². The van der Waals surface area contributed by atoms with Crippen LogP contribution in [0, 0.1) is 0 Å². The van der Waals surface area contributed by atoms with Crippen molar-refractivity contribution < 1.29 is 32.2 Å². The molecule has 0 aromatic heterocycles. The quantitative estimate of drug-likeness (QED) is 0.858. The standard InChI is InChI=1S/C14H15F3O4/c1-19-7-13(8-20-2)6-11(18)10-4-3-9(14(15,16)17)5-12(10)21-13/h3-5H,6-8H2,1-2H3. The molecule has 0 radical (unpaired) electrons. The highest BCUT2D eigenvalue weighted by atomic mass is 19.4. The molecule has 0 fully saturated rings. The summed E-state index contributed by atoms with van der Waals surface area (Å²) in [5.74, 6) is -0.380. The monoisotopic (exact) mass is 304 g/mol. The largest absolute Gasteiger partial charge is 0.481 e. The third-order valence-electron chi connectivity index (χ3n) is 3.23. The lowest BCUT2D eigenvalue weighted by Crippen LogP contribution is -2.49. The average molecular weight is 304 g/mol. The number of Topliss-reactive ketones (excluding diaryl/α,β-unsaturated/α-hetero) is 1. The van der Waals surface area contributed by atoms with Crippen molar-refractivity contribution in [1.82, 2.24) is 0 Å². The normalized spacial score (nSPS) is 17.3. The lowest BCUT2D eigenvalue weighted by atomic mass is 9.90. The summed E-state index contributed by atoms with van der Waals surface area (Å²) in [6.07, 6.45) is -4.50. The molecule has 0 N–H and O–H groups in total. The number of hydrogen-bond donors (Lipinski definition) is 0. The molecule has 0 spiro atoms. The van der Waals surface area contributed by atoms with Crippen LogP contribution in [-0.4, -0.2) is 38.8 Å². The van der Waals surface area contributed by atoms with Gasteiger partial charge in [0.15, 0.2) is 11.4 Å². The van der Waals surface area contributed by atoms with Gasteiger partial charge in [-0.1, -0.05) is 0 Å². The summed E-state index contributed by atoms with van der Waals surface area (Å²) in [6.45, 7) is 0.0878. The molecule has 21 heavy (non-hydrogen) atoms. The molecular weight excluding hydrogens is 289 g/mol. The van der Waals surface area contributed by atoms with Crippen LogP contribution in [0.2, 0.25) is 0 Å². The zero-order valence-electron chi connectivity index (χ0n) is 11.6. The van der Waals surface area contributed by atoms with E-state index in [1.54, 1.807) is 0 Å². The van der Waals surface area contributed by atoms with Crippen molar-refractivity contribution >= 4 is 5.78 Å². The van der Waals surface area contributed by atoms with Gasteiger partial charge in [0.05, 0.1) is 30.8 Å². The number of methoxy groups -OCH3 is 2. The Hall–Kier alpha value is -1.60. The lowest BCUT2D eigenvalue weighted by molar-refractivity contribution is -0.138. The number of hydrogen-bond acceptors (Lipinski definition) is 4. The first kappa shape index (κ1) is 15.8. The van der Waals surface area contributed by atoms with Crippen LogP contribution in [0.15, 0.2) is 18.2 Å². The van der Waals surface area contributed by atoms with E-state index >= 15 is 0 Å². The number of carbonyl (C=O) groups is 1. The van der Waals surface area contributed by atoms with Gasteiger partial charge in [0.1, 0.15) is 5.75 Å². The molecule has 0 aliphatic carbocycles. The second-order valence-electron chi connectivity index (χ2n) is 4.96. The van der Waals surface area contributed by atoms with Gasteiger partial charge in [-0.2, -0.15) is 13.2 Å². The van der Waals surface area contributed by atoms with Crippen LogP contribution in [-0.2, 0) is 15.7 Å². The van der Waals surface area contributed by atoms with Crippen molar-refractivity contribution in [3.63, 3.8) is 0 Å². The van der Waals surface area contributed by atoms with Crippen LogP contribution >= 0.6 is 0 Å². The molecule has 1 heterocycles. The summed E-state index contributed by atoms with van der Waals surface area (Å²) >= 11 is 0. The molecule has 2 rings (SSSR count). The minimum absolute atomic E-state index is 0.00690. The summed E-state index contributed by atoms with van der Waals surface area (Å²) in [4.78, 5) is 12.1.